The van der Waals surface area contributed by atoms with Crippen molar-refractivity contribution in [2.45, 2.75) is 37.0 Å². The number of aromatic nitrogens is 2. The van der Waals surface area contributed by atoms with Gasteiger partial charge in [0.1, 0.15) is 5.58 Å². The van der Waals surface area contributed by atoms with E-state index in [2.05, 4.69) is 89.0 Å². The molecule has 0 unspecified atom stereocenters. The summed E-state index contributed by atoms with van der Waals surface area (Å²) in [7, 11) is 0. The summed E-state index contributed by atoms with van der Waals surface area (Å²) < 4.78 is 22.1. The summed E-state index contributed by atoms with van der Waals surface area (Å²) in [6.07, 6.45) is 3.79. The van der Waals surface area contributed by atoms with Crippen LogP contribution in [0, 0.1) is 12.1 Å². The number of fused-ring (bicyclic) bond motifs is 6. The van der Waals surface area contributed by atoms with Crippen LogP contribution in [0.25, 0.3) is 77.5 Å². The van der Waals surface area contributed by atoms with Crippen LogP contribution in [0.3, 0.4) is 0 Å². The SMILES string of the molecule is [2H]C(C)(C)c1ccnc(-c2[c-]ccc3c2oc2cc(-c4ccccc4)ccc23)c1.[CH3][Ge]([CH3])([CH3])[c]1ccc(-c2[c-]ccc3c2oc2ccccc23)nc1.[Ir]. The predicted molar refractivity (Wildman–Crippen MR) is 214 cm³/mol. The van der Waals surface area contributed by atoms with Crippen LogP contribution in [0.5, 0.6) is 0 Å². The van der Waals surface area contributed by atoms with Gasteiger partial charge in [-0.2, -0.15) is 0 Å². The third-order valence-corrected chi connectivity index (χ3v) is 13.6. The summed E-state index contributed by atoms with van der Waals surface area (Å²) in [5.41, 5.74) is 10.1. The number of hydrogen-bond donors (Lipinski definition) is 0. The molecular weight excluding hydrogens is 877 g/mol. The van der Waals surface area contributed by atoms with Crippen molar-refractivity contribution in [1.82, 2.24) is 9.97 Å². The Morgan fingerprint density at radius 2 is 1.27 bits per heavy atom. The van der Waals surface area contributed by atoms with Crippen molar-refractivity contribution in [1.29, 1.82) is 0 Å². The van der Waals surface area contributed by atoms with Crippen LogP contribution >= 0.6 is 0 Å². The average Bonchev–Trinajstić information content (AvgIpc) is 3.73. The molecule has 0 saturated heterocycles. The first-order valence-corrected chi connectivity index (χ1v) is 24.6. The first-order valence-electron chi connectivity index (χ1n) is 17.7. The van der Waals surface area contributed by atoms with Crippen molar-refractivity contribution in [2.75, 3.05) is 0 Å². The summed E-state index contributed by atoms with van der Waals surface area (Å²) in [5, 5.41) is 4.38. The zero-order valence-corrected chi connectivity index (χ0v) is 34.2. The van der Waals surface area contributed by atoms with E-state index in [4.69, 9.17) is 15.2 Å². The van der Waals surface area contributed by atoms with E-state index in [-0.39, 0.29) is 20.1 Å². The number of para-hydroxylation sites is 1. The smallest absolute Gasteiger partial charge is 0 e. The maximum Gasteiger partial charge on any atom is 0 e. The fourth-order valence-corrected chi connectivity index (χ4v) is 8.66. The Bertz CT molecular complexity index is 2710. The predicted octanol–water partition coefficient (Wildman–Crippen LogP) is 12.2. The molecule has 0 aliphatic carbocycles. The van der Waals surface area contributed by atoms with Crippen LogP contribution in [0.4, 0.5) is 0 Å². The van der Waals surface area contributed by atoms with Gasteiger partial charge in [0.05, 0.1) is 5.58 Å². The first-order chi connectivity index (χ1) is 25.0. The molecule has 0 N–H and O–H groups in total. The second-order valence-electron chi connectivity index (χ2n) is 14.1. The van der Waals surface area contributed by atoms with Gasteiger partial charge < -0.3 is 9.40 Å². The molecule has 0 aliphatic rings. The molecule has 0 aliphatic heterocycles. The number of nitrogens with zero attached hydrogens (tertiary/aromatic N) is 2. The van der Waals surface area contributed by atoms with Crippen LogP contribution in [0.15, 0.2) is 143 Å². The normalized spacial score (nSPS) is 12.1. The van der Waals surface area contributed by atoms with Crippen molar-refractivity contribution in [3.05, 3.63) is 151 Å². The van der Waals surface area contributed by atoms with Crippen molar-refractivity contribution in [3.8, 4) is 33.6 Å². The minimum atomic E-state index is -1.83. The van der Waals surface area contributed by atoms with E-state index in [1.54, 1.807) is 6.20 Å². The van der Waals surface area contributed by atoms with Crippen LogP contribution in [-0.4, -0.2) is 23.2 Å². The molecule has 5 aromatic carbocycles. The molecule has 9 aromatic rings. The number of rotatable bonds is 5. The molecule has 6 heteroatoms. The molecule has 1 radical (unpaired) electrons. The summed E-state index contributed by atoms with van der Waals surface area (Å²) in [6, 6.07) is 47.5. The van der Waals surface area contributed by atoms with E-state index in [1.165, 1.54) is 4.40 Å². The minimum absolute atomic E-state index is 0. The molecule has 259 valence electrons. The summed E-state index contributed by atoms with van der Waals surface area (Å²) >= 11 is -1.83. The fraction of sp³-hybridized carbons (Fsp3) is 0.130. The van der Waals surface area contributed by atoms with Gasteiger partial charge in [0, 0.05) is 33.1 Å². The van der Waals surface area contributed by atoms with Gasteiger partial charge in [0.2, 0.25) is 0 Å². The van der Waals surface area contributed by atoms with Crippen LogP contribution in [0.2, 0.25) is 17.3 Å². The zero-order valence-electron chi connectivity index (χ0n) is 30.7. The average molecular weight is 917 g/mol. The fourth-order valence-electron chi connectivity index (χ4n) is 6.49. The molecule has 52 heavy (non-hydrogen) atoms. The summed E-state index contributed by atoms with van der Waals surface area (Å²) in [6.45, 7) is 3.76. The topological polar surface area (TPSA) is 52.1 Å². The number of benzene rings is 5. The summed E-state index contributed by atoms with van der Waals surface area (Å²) in [4.78, 5) is 9.23. The molecule has 4 aromatic heterocycles. The van der Waals surface area contributed by atoms with Crippen molar-refractivity contribution in [2.24, 2.45) is 0 Å². The van der Waals surface area contributed by atoms with E-state index in [1.807, 2.05) is 86.8 Å². The Labute approximate surface area is 322 Å². The molecule has 4 heterocycles. The van der Waals surface area contributed by atoms with E-state index in [0.29, 0.717) is 0 Å². The molecule has 0 bridgehead atoms. The molecule has 0 amide bonds. The van der Waals surface area contributed by atoms with E-state index >= 15 is 0 Å². The van der Waals surface area contributed by atoms with Gasteiger partial charge in [-0.05, 0) is 34.8 Å². The van der Waals surface area contributed by atoms with Gasteiger partial charge in [-0.3, -0.25) is 0 Å². The third-order valence-electron chi connectivity index (χ3n) is 9.36. The van der Waals surface area contributed by atoms with Crippen molar-refractivity contribution >= 4 is 61.5 Å². The van der Waals surface area contributed by atoms with E-state index in [9.17, 15) is 0 Å². The number of furan rings is 2. The van der Waals surface area contributed by atoms with E-state index < -0.39 is 19.2 Å². The first kappa shape index (κ1) is 34.3. The molecule has 0 saturated carbocycles. The Morgan fingerprint density at radius 3 is 1.94 bits per heavy atom. The van der Waals surface area contributed by atoms with Crippen molar-refractivity contribution in [3.63, 3.8) is 0 Å². The maximum atomic E-state index is 8.33. The van der Waals surface area contributed by atoms with Gasteiger partial charge in [-0.1, -0.05) is 78.9 Å². The molecule has 0 atom stereocenters. The molecular formula is C46H38GeIrN2O2-2. The monoisotopic (exact) mass is 918 g/mol. The van der Waals surface area contributed by atoms with Gasteiger partial charge in [-0.25, -0.2) is 0 Å². The Kier molecular flexibility index (Phi) is 9.67. The minimum Gasteiger partial charge on any atom is 0 e. The number of hydrogen-bond acceptors (Lipinski definition) is 4. The summed E-state index contributed by atoms with van der Waals surface area (Å²) in [5.74, 6) is 6.44. The Hall–Kier alpha value is -4.81. The molecule has 0 fully saturated rings. The van der Waals surface area contributed by atoms with Gasteiger partial charge in [0.15, 0.2) is 0 Å². The van der Waals surface area contributed by atoms with Crippen LogP contribution in [-0.2, 0) is 20.1 Å². The zero-order chi connectivity index (χ0) is 36.0. The molecule has 9 rings (SSSR count). The van der Waals surface area contributed by atoms with E-state index in [0.717, 1.165) is 83.1 Å². The largest absolute Gasteiger partial charge is 0 e. The second-order valence-corrected chi connectivity index (χ2v) is 24.7. The third kappa shape index (κ3) is 6.89. The molecule has 0 spiro atoms. The standard InChI is InChI=1S/C26H20NO.C20H18GeNO.Ir/c1-17(2)19-13-14-27-24(15-19)23-10-6-9-22-21-12-11-20(16-25(21)28-26(22)23)18-7-4-3-5-8-18;1-21(2,3)14-11-12-18(22-13-14)17-9-6-8-16-15-7-4-5-10-19(15)23-20(16)17;/h3-9,11-17H,1-2H3;4-8,10-13H,1-3H3;/q2*-1;/i17D;;. The van der Waals surface area contributed by atoms with Crippen LogP contribution < -0.4 is 4.40 Å². The molecule has 4 nitrogen and oxygen atoms in total. The Balaban J connectivity index is 0.000000165. The number of pyridine rings is 2. The van der Waals surface area contributed by atoms with Crippen molar-refractivity contribution < 1.29 is 30.3 Å². The van der Waals surface area contributed by atoms with Gasteiger partial charge in [0.25, 0.3) is 0 Å². The maximum absolute atomic E-state index is 8.33. The van der Waals surface area contributed by atoms with Gasteiger partial charge in [-0.15, -0.1) is 18.2 Å². The second kappa shape index (κ2) is 14.7. The quantitative estimate of drug-likeness (QED) is 0.127. The van der Waals surface area contributed by atoms with Crippen LogP contribution in [0.1, 0.15) is 26.7 Å². The van der Waals surface area contributed by atoms with Gasteiger partial charge >= 0.3 is 138 Å². The Morgan fingerprint density at radius 1 is 0.615 bits per heavy atom.